The number of nitrogens with zero attached hydrogens (tertiary/aromatic N) is 3. The molecule has 5 nitrogen and oxygen atoms in total. The van der Waals surface area contributed by atoms with Gasteiger partial charge in [0.05, 0.1) is 7.11 Å². The van der Waals surface area contributed by atoms with Gasteiger partial charge in [-0.25, -0.2) is 0 Å². The minimum atomic E-state index is 0.0973. The van der Waals surface area contributed by atoms with Crippen LogP contribution in [0.5, 0.6) is 5.75 Å². The van der Waals surface area contributed by atoms with Crippen molar-refractivity contribution in [2.45, 2.75) is 71.5 Å². The number of amides is 1. The van der Waals surface area contributed by atoms with Crippen LogP contribution in [0.25, 0.3) is 0 Å². The van der Waals surface area contributed by atoms with Gasteiger partial charge in [0.2, 0.25) is 0 Å². The third kappa shape index (κ3) is 5.56. The molecule has 35 heavy (non-hydrogen) atoms. The number of benzene rings is 2. The van der Waals surface area contributed by atoms with Gasteiger partial charge >= 0.3 is 0 Å². The number of carbonyl (C=O) groups excluding carboxylic acids is 1. The molecule has 5 heteroatoms. The fourth-order valence-corrected chi connectivity index (χ4v) is 5.83. The van der Waals surface area contributed by atoms with Gasteiger partial charge in [-0.3, -0.25) is 9.69 Å². The highest BCUT2D eigenvalue weighted by molar-refractivity contribution is 5.94. The standard InChI is InChI=1S/C30H41N3O2/c1-6-31(7-2)30(34)23-11-13-24(14-12-23)33(27-9-8-10-29(21-27)35-5)28-19-25-15-16-26(20-28)32(25)18-17-22(3)4/h8-14,17,21,25-26,28H,6-7,15-16,18-20H2,1-5H3/t25-,26+,28?. The van der Waals surface area contributed by atoms with E-state index in [9.17, 15) is 4.79 Å². The Labute approximate surface area is 211 Å². The summed E-state index contributed by atoms with van der Waals surface area (Å²) >= 11 is 0. The van der Waals surface area contributed by atoms with Crippen molar-refractivity contribution in [1.82, 2.24) is 9.80 Å². The molecule has 0 N–H and O–H groups in total. The molecular weight excluding hydrogens is 434 g/mol. The maximum atomic E-state index is 12.9. The monoisotopic (exact) mass is 475 g/mol. The predicted octanol–water partition coefficient (Wildman–Crippen LogP) is 6.28. The quantitative estimate of drug-likeness (QED) is 0.400. The van der Waals surface area contributed by atoms with Crippen molar-refractivity contribution in [3.63, 3.8) is 0 Å². The largest absolute Gasteiger partial charge is 0.497 e. The van der Waals surface area contributed by atoms with E-state index in [0.29, 0.717) is 18.1 Å². The molecule has 2 aliphatic heterocycles. The number of ether oxygens (including phenoxy) is 1. The van der Waals surface area contributed by atoms with Crippen molar-refractivity contribution in [2.75, 3.05) is 31.6 Å². The summed E-state index contributed by atoms with van der Waals surface area (Å²) in [5.74, 6) is 0.963. The SMILES string of the molecule is CCN(CC)C(=O)c1ccc(N(c2cccc(OC)c2)C2C[C@H]3CC[C@@H](C2)N3CC=C(C)C)cc1. The second-order valence-corrected chi connectivity index (χ2v) is 10.1. The Balaban J connectivity index is 1.63. The number of carbonyl (C=O) groups is 1. The van der Waals surface area contributed by atoms with E-state index in [2.05, 4.69) is 60.1 Å². The molecule has 2 heterocycles. The first-order valence-electron chi connectivity index (χ1n) is 13.2. The molecule has 1 unspecified atom stereocenters. The Morgan fingerprint density at radius 2 is 1.66 bits per heavy atom. The molecule has 2 aromatic rings. The molecule has 2 aromatic carbocycles. The first-order chi connectivity index (χ1) is 16.9. The second kappa shape index (κ2) is 11.3. The van der Waals surface area contributed by atoms with Crippen LogP contribution in [-0.2, 0) is 0 Å². The minimum absolute atomic E-state index is 0.0973. The molecule has 0 saturated carbocycles. The zero-order valence-corrected chi connectivity index (χ0v) is 22.0. The molecule has 0 spiro atoms. The number of hydrogen-bond acceptors (Lipinski definition) is 4. The van der Waals surface area contributed by atoms with Crippen LogP contribution in [0, 0.1) is 0 Å². The van der Waals surface area contributed by atoms with Crippen LogP contribution >= 0.6 is 0 Å². The highest BCUT2D eigenvalue weighted by Gasteiger charge is 2.42. The average Bonchev–Trinajstić information content (AvgIpc) is 3.11. The van der Waals surface area contributed by atoms with Crippen LogP contribution in [0.1, 0.15) is 63.7 Å². The number of rotatable bonds is 9. The van der Waals surface area contributed by atoms with Crippen LogP contribution < -0.4 is 9.64 Å². The van der Waals surface area contributed by atoms with Gasteiger partial charge in [0, 0.05) is 60.8 Å². The molecule has 2 aliphatic rings. The number of fused-ring (bicyclic) bond motifs is 2. The van der Waals surface area contributed by atoms with Crippen LogP contribution in [-0.4, -0.2) is 60.6 Å². The summed E-state index contributed by atoms with van der Waals surface area (Å²) in [6, 6.07) is 18.2. The number of hydrogen-bond donors (Lipinski definition) is 0. The van der Waals surface area contributed by atoms with Gasteiger partial charge in [0.25, 0.3) is 5.91 Å². The van der Waals surface area contributed by atoms with Crippen molar-refractivity contribution >= 4 is 17.3 Å². The van der Waals surface area contributed by atoms with Crippen LogP contribution in [0.4, 0.5) is 11.4 Å². The highest BCUT2D eigenvalue weighted by Crippen LogP contribution is 2.42. The number of allylic oxidation sites excluding steroid dienone is 1. The summed E-state index contributed by atoms with van der Waals surface area (Å²) in [5, 5.41) is 0. The molecule has 2 bridgehead atoms. The summed E-state index contributed by atoms with van der Waals surface area (Å²) < 4.78 is 5.56. The summed E-state index contributed by atoms with van der Waals surface area (Å²) in [7, 11) is 1.72. The smallest absolute Gasteiger partial charge is 0.253 e. The van der Waals surface area contributed by atoms with Crippen molar-refractivity contribution < 1.29 is 9.53 Å². The first-order valence-corrected chi connectivity index (χ1v) is 13.2. The fourth-order valence-electron chi connectivity index (χ4n) is 5.83. The Kier molecular flexibility index (Phi) is 8.17. The van der Waals surface area contributed by atoms with E-state index < -0.39 is 0 Å². The molecule has 0 aromatic heterocycles. The first kappa shape index (κ1) is 25.3. The van der Waals surface area contributed by atoms with Gasteiger partial charge in [-0.2, -0.15) is 0 Å². The number of anilines is 2. The zero-order valence-electron chi connectivity index (χ0n) is 22.0. The number of piperidine rings is 1. The summed E-state index contributed by atoms with van der Waals surface area (Å²) in [4.78, 5) is 19.9. The molecule has 188 valence electrons. The Morgan fingerprint density at radius 1 is 1.00 bits per heavy atom. The lowest BCUT2D eigenvalue weighted by Crippen LogP contribution is -2.49. The molecule has 0 radical (unpaired) electrons. The fraction of sp³-hybridized carbons (Fsp3) is 0.500. The molecule has 2 fully saturated rings. The van der Waals surface area contributed by atoms with Crippen molar-refractivity contribution in [2.24, 2.45) is 0 Å². The van der Waals surface area contributed by atoms with Gasteiger partial charge in [-0.15, -0.1) is 0 Å². The molecular formula is C30H41N3O2. The lowest BCUT2D eigenvalue weighted by Gasteiger charge is -2.44. The van der Waals surface area contributed by atoms with Gasteiger partial charge in [0.15, 0.2) is 0 Å². The lowest BCUT2D eigenvalue weighted by molar-refractivity contribution is 0.0773. The van der Waals surface area contributed by atoms with E-state index in [1.165, 1.54) is 18.4 Å². The van der Waals surface area contributed by atoms with Gasteiger partial charge in [0.1, 0.15) is 5.75 Å². The Bertz CT molecular complexity index is 1010. The summed E-state index contributed by atoms with van der Waals surface area (Å²) in [5.41, 5.74) is 4.43. The Morgan fingerprint density at radius 3 is 2.23 bits per heavy atom. The minimum Gasteiger partial charge on any atom is -0.497 e. The predicted molar refractivity (Wildman–Crippen MR) is 145 cm³/mol. The van der Waals surface area contributed by atoms with Crippen LogP contribution in [0.3, 0.4) is 0 Å². The van der Waals surface area contributed by atoms with E-state index in [-0.39, 0.29) is 5.91 Å². The van der Waals surface area contributed by atoms with Crippen molar-refractivity contribution in [3.05, 3.63) is 65.7 Å². The highest BCUT2D eigenvalue weighted by atomic mass is 16.5. The van der Waals surface area contributed by atoms with E-state index in [1.807, 2.05) is 36.9 Å². The van der Waals surface area contributed by atoms with Crippen LogP contribution in [0.15, 0.2) is 60.2 Å². The van der Waals surface area contributed by atoms with E-state index in [0.717, 1.165) is 55.2 Å². The van der Waals surface area contributed by atoms with Gasteiger partial charge in [-0.1, -0.05) is 17.7 Å². The molecule has 2 saturated heterocycles. The molecule has 4 rings (SSSR count). The van der Waals surface area contributed by atoms with Crippen molar-refractivity contribution in [3.8, 4) is 5.75 Å². The van der Waals surface area contributed by atoms with E-state index in [1.54, 1.807) is 7.11 Å². The average molecular weight is 476 g/mol. The molecule has 3 atom stereocenters. The van der Waals surface area contributed by atoms with Gasteiger partial charge in [-0.05, 0) is 89.8 Å². The van der Waals surface area contributed by atoms with E-state index in [4.69, 9.17) is 4.74 Å². The maximum absolute atomic E-state index is 12.9. The van der Waals surface area contributed by atoms with Gasteiger partial charge < -0.3 is 14.5 Å². The summed E-state index contributed by atoms with van der Waals surface area (Å²) in [6.07, 6.45) is 7.22. The zero-order chi connectivity index (χ0) is 24.9. The Hall–Kier alpha value is -2.79. The molecule has 0 aliphatic carbocycles. The molecule has 1 amide bonds. The number of methoxy groups -OCH3 is 1. The third-order valence-electron chi connectivity index (χ3n) is 7.71. The lowest BCUT2D eigenvalue weighted by atomic mass is 9.94. The van der Waals surface area contributed by atoms with Crippen LogP contribution in [0.2, 0.25) is 0 Å². The third-order valence-corrected chi connectivity index (χ3v) is 7.71. The van der Waals surface area contributed by atoms with E-state index >= 15 is 0 Å². The topological polar surface area (TPSA) is 36.0 Å². The second-order valence-electron chi connectivity index (χ2n) is 10.1. The maximum Gasteiger partial charge on any atom is 0.253 e. The van der Waals surface area contributed by atoms with Crippen molar-refractivity contribution in [1.29, 1.82) is 0 Å². The normalized spacial score (nSPS) is 21.5. The summed E-state index contributed by atoms with van der Waals surface area (Å²) in [6.45, 7) is 10.9.